The zero-order valence-electron chi connectivity index (χ0n) is 13.7. The van der Waals surface area contributed by atoms with Crippen LogP contribution in [0.3, 0.4) is 0 Å². The Kier molecular flexibility index (Phi) is 7.91. The SMILES string of the molecule is CCC(NC(=O)CC1CCCCC1N)c1ccc(C)cc1.Cl. The molecule has 0 heterocycles. The van der Waals surface area contributed by atoms with Crippen LogP contribution in [0.4, 0.5) is 0 Å². The van der Waals surface area contributed by atoms with E-state index in [0.717, 1.165) is 19.3 Å². The predicted molar refractivity (Wildman–Crippen MR) is 94.2 cm³/mol. The van der Waals surface area contributed by atoms with Gasteiger partial charge in [-0.1, -0.05) is 49.6 Å². The summed E-state index contributed by atoms with van der Waals surface area (Å²) in [6.07, 6.45) is 6.05. The third-order valence-corrected chi connectivity index (χ3v) is 4.64. The molecule has 3 unspecified atom stereocenters. The van der Waals surface area contributed by atoms with Gasteiger partial charge in [-0.15, -0.1) is 12.4 Å². The molecule has 0 spiro atoms. The first-order valence-corrected chi connectivity index (χ1v) is 8.21. The summed E-state index contributed by atoms with van der Waals surface area (Å²) >= 11 is 0. The lowest BCUT2D eigenvalue weighted by Gasteiger charge is -2.28. The van der Waals surface area contributed by atoms with Crippen molar-refractivity contribution >= 4 is 18.3 Å². The Balaban J connectivity index is 0.00000242. The summed E-state index contributed by atoms with van der Waals surface area (Å²) in [6, 6.07) is 8.72. The van der Waals surface area contributed by atoms with Gasteiger partial charge in [0, 0.05) is 12.5 Å². The molecule has 0 aromatic heterocycles. The van der Waals surface area contributed by atoms with Crippen LogP contribution in [0.2, 0.25) is 0 Å². The molecule has 2 rings (SSSR count). The van der Waals surface area contributed by atoms with Crippen molar-refractivity contribution < 1.29 is 4.79 Å². The Bertz CT molecular complexity index is 461. The van der Waals surface area contributed by atoms with Crippen LogP contribution in [0.5, 0.6) is 0 Å². The third kappa shape index (κ3) is 5.29. The van der Waals surface area contributed by atoms with Crippen molar-refractivity contribution in [2.75, 3.05) is 0 Å². The Morgan fingerprint density at radius 3 is 2.50 bits per heavy atom. The molecule has 0 aliphatic heterocycles. The van der Waals surface area contributed by atoms with Crippen LogP contribution in [-0.4, -0.2) is 11.9 Å². The number of hydrogen-bond donors (Lipinski definition) is 2. The van der Waals surface area contributed by atoms with Gasteiger partial charge in [0.2, 0.25) is 5.91 Å². The largest absolute Gasteiger partial charge is 0.349 e. The first-order valence-electron chi connectivity index (χ1n) is 8.21. The van der Waals surface area contributed by atoms with Crippen LogP contribution < -0.4 is 11.1 Å². The number of amides is 1. The number of rotatable bonds is 5. The summed E-state index contributed by atoms with van der Waals surface area (Å²) in [5.41, 5.74) is 8.57. The minimum absolute atomic E-state index is 0. The summed E-state index contributed by atoms with van der Waals surface area (Å²) in [4.78, 5) is 12.3. The smallest absolute Gasteiger partial charge is 0.220 e. The van der Waals surface area contributed by atoms with Crippen molar-refractivity contribution in [3.05, 3.63) is 35.4 Å². The number of aryl methyl sites for hydroxylation is 1. The number of carbonyl (C=O) groups excluding carboxylic acids is 1. The van der Waals surface area contributed by atoms with Gasteiger partial charge < -0.3 is 11.1 Å². The zero-order valence-corrected chi connectivity index (χ0v) is 14.5. The fourth-order valence-electron chi connectivity index (χ4n) is 3.20. The second kappa shape index (κ2) is 9.16. The van der Waals surface area contributed by atoms with Crippen molar-refractivity contribution in [3.63, 3.8) is 0 Å². The lowest BCUT2D eigenvalue weighted by Crippen LogP contribution is -2.38. The molecule has 1 fully saturated rings. The fourth-order valence-corrected chi connectivity index (χ4v) is 3.20. The van der Waals surface area contributed by atoms with E-state index >= 15 is 0 Å². The number of hydrogen-bond acceptors (Lipinski definition) is 2. The van der Waals surface area contributed by atoms with E-state index in [1.807, 2.05) is 0 Å². The number of nitrogens with two attached hydrogens (primary N) is 1. The summed E-state index contributed by atoms with van der Waals surface area (Å²) in [5.74, 6) is 0.499. The molecule has 1 aliphatic carbocycles. The maximum Gasteiger partial charge on any atom is 0.220 e. The van der Waals surface area contributed by atoms with Gasteiger partial charge in [-0.25, -0.2) is 0 Å². The molecule has 0 radical (unpaired) electrons. The van der Waals surface area contributed by atoms with Crippen LogP contribution in [0, 0.1) is 12.8 Å². The quantitative estimate of drug-likeness (QED) is 0.863. The van der Waals surface area contributed by atoms with E-state index in [4.69, 9.17) is 5.73 Å². The summed E-state index contributed by atoms with van der Waals surface area (Å²) < 4.78 is 0. The first-order chi connectivity index (χ1) is 10.1. The van der Waals surface area contributed by atoms with E-state index in [1.165, 1.54) is 24.0 Å². The van der Waals surface area contributed by atoms with E-state index in [9.17, 15) is 4.79 Å². The Morgan fingerprint density at radius 1 is 1.27 bits per heavy atom. The Labute approximate surface area is 140 Å². The minimum Gasteiger partial charge on any atom is -0.349 e. The number of nitrogens with one attached hydrogen (secondary N) is 1. The Hall–Kier alpha value is -1.06. The highest BCUT2D eigenvalue weighted by Gasteiger charge is 2.25. The average molecular weight is 325 g/mol. The van der Waals surface area contributed by atoms with Gasteiger partial charge in [0.1, 0.15) is 0 Å². The van der Waals surface area contributed by atoms with Gasteiger partial charge in [0.15, 0.2) is 0 Å². The second-order valence-electron chi connectivity index (χ2n) is 6.35. The summed E-state index contributed by atoms with van der Waals surface area (Å²) in [7, 11) is 0. The standard InChI is InChI=1S/C18H28N2O.ClH/c1-3-17(14-10-8-13(2)9-11-14)20-18(21)12-15-6-4-5-7-16(15)19;/h8-11,15-17H,3-7,12,19H2,1-2H3,(H,20,21);1H. The maximum atomic E-state index is 12.3. The highest BCUT2D eigenvalue weighted by Crippen LogP contribution is 2.26. The van der Waals surface area contributed by atoms with Gasteiger partial charge in [0.05, 0.1) is 6.04 Å². The normalized spacial score (nSPS) is 22.5. The van der Waals surface area contributed by atoms with Gasteiger partial charge in [-0.05, 0) is 37.7 Å². The molecule has 3 nitrogen and oxygen atoms in total. The molecule has 4 heteroatoms. The molecule has 124 valence electrons. The highest BCUT2D eigenvalue weighted by molar-refractivity contribution is 5.85. The van der Waals surface area contributed by atoms with Crippen molar-refractivity contribution in [1.29, 1.82) is 0 Å². The molecular weight excluding hydrogens is 296 g/mol. The lowest BCUT2D eigenvalue weighted by molar-refractivity contribution is -0.123. The molecule has 22 heavy (non-hydrogen) atoms. The Morgan fingerprint density at radius 2 is 1.91 bits per heavy atom. The highest BCUT2D eigenvalue weighted by atomic mass is 35.5. The zero-order chi connectivity index (χ0) is 15.2. The molecule has 0 saturated heterocycles. The number of benzene rings is 1. The van der Waals surface area contributed by atoms with Gasteiger partial charge in [0.25, 0.3) is 0 Å². The lowest BCUT2D eigenvalue weighted by atomic mass is 9.83. The van der Waals surface area contributed by atoms with Crippen LogP contribution in [0.25, 0.3) is 0 Å². The number of carbonyl (C=O) groups is 1. The van der Waals surface area contributed by atoms with Gasteiger partial charge in [-0.2, -0.15) is 0 Å². The van der Waals surface area contributed by atoms with Crippen molar-refractivity contribution in [2.45, 2.75) is 64.5 Å². The summed E-state index contributed by atoms with van der Waals surface area (Å²) in [5, 5.41) is 3.18. The van der Waals surface area contributed by atoms with Crippen molar-refractivity contribution in [3.8, 4) is 0 Å². The van der Waals surface area contributed by atoms with Gasteiger partial charge >= 0.3 is 0 Å². The van der Waals surface area contributed by atoms with Crippen LogP contribution >= 0.6 is 12.4 Å². The molecule has 1 aromatic rings. The topological polar surface area (TPSA) is 55.1 Å². The van der Waals surface area contributed by atoms with E-state index in [0.29, 0.717) is 12.3 Å². The van der Waals surface area contributed by atoms with E-state index < -0.39 is 0 Å². The maximum absolute atomic E-state index is 12.3. The third-order valence-electron chi connectivity index (χ3n) is 4.64. The summed E-state index contributed by atoms with van der Waals surface area (Å²) in [6.45, 7) is 4.19. The van der Waals surface area contributed by atoms with Crippen molar-refractivity contribution in [2.24, 2.45) is 11.7 Å². The molecule has 1 aromatic carbocycles. The molecule has 0 bridgehead atoms. The molecular formula is C18H29ClN2O. The molecule has 3 N–H and O–H groups in total. The van der Waals surface area contributed by atoms with E-state index in [2.05, 4.69) is 43.4 Å². The van der Waals surface area contributed by atoms with E-state index in [-0.39, 0.29) is 30.4 Å². The van der Waals surface area contributed by atoms with Crippen LogP contribution in [0.15, 0.2) is 24.3 Å². The average Bonchev–Trinajstić information content (AvgIpc) is 2.48. The fraction of sp³-hybridized carbons (Fsp3) is 0.611. The molecule has 3 atom stereocenters. The second-order valence-corrected chi connectivity index (χ2v) is 6.35. The van der Waals surface area contributed by atoms with Crippen molar-refractivity contribution in [1.82, 2.24) is 5.32 Å². The van der Waals surface area contributed by atoms with Gasteiger partial charge in [-0.3, -0.25) is 4.79 Å². The first kappa shape index (κ1) is 19.0. The number of halogens is 1. The van der Waals surface area contributed by atoms with Crippen LogP contribution in [-0.2, 0) is 4.79 Å². The molecule has 1 aliphatic rings. The molecule has 1 saturated carbocycles. The minimum atomic E-state index is 0. The predicted octanol–water partition coefficient (Wildman–Crippen LogP) is 3.89. The molecule has 1 amide bonds. The monoisotopic (exact) mass is 324 g/mol. The van der Waals surface area contributed by atoms with E-state index in [1.54, 1.807) is 0 Å². The van der Waals surface area contributed by atoms with Crippen LogP contribution in [0.1, 0.15) is 62.6 Å².